The van der Waals surface area contributed by atoms with E-state index in [4.69, 9.17) is 18.0 Å². The maximum absolute atomic E-state index is 14.3. The van der Waals surface area contributed by atoms with Crippen LogP contribution >= 0.6 is 7.60 Å². The van der Waals surface area contributed by atoms with Gasteiger partial charge in [0.15, 0.2) is 5.78 Å². The highest BCUT2D eigenvalue weighted by molar-refractivity contribution is 7.87. The van der Waals surface area contributed by atoms with Crippen molar-refractivity contribution in [2.24, 2.45) is 0 Å². The van der Waals surface area contributed by atoms with E-state index in [-0.39, 0.29) is 24.0 Å². The van der Waals surface area contributed by atoms with Gasteiger partial charge in [0.2, 0.25) is 0 Å². The molecule has 0 aromatic heterocycles. The summed E-state index contributed by atoms with van der Waals surface area (Å²) in [4.78, 5) is 0.00415. The summed E-state index contributed by atoms with van der Waals surface area (Å²) in [5.41, 5.74) is 3.99. The molecule has 0 fully saturated rings. The molecule has 1 N–H and O–H groups in total. The Hall–Kier alpha value is -2.42. The number of hydrogen-bond donors (Lipinski definition) is 1. The molecule has 202 valence electrons. The van der Waals surface area contributed by atoms with Crippen molar-refractivity contribution in [3.63, 3.8) is 0 Å². The lowest BCUT2D eigenvalue weighted by atomic mass is 10.0. The second kappa shape index (κ2) is 12.0. The van der Waals surface area contributed by atoms with Crippen LogP contribution in [-0.4, -0.2) is 35.9 Å². The Bertz CT molecular complexity index is 1330. The van der Waals surface area contributed by atoms with Crippen molar-refractivity contribution in [1.82, 2.24) is 0 Å². The van der Waals surface area contributed by atoms with E-state index in [1.165, 1.54) is 6.07 Å². The van der Waals surface area contributed by atoms with Gasteiger partial charge in [-0.1, -0.05) is 32.0 Å². The van der Waals surface area contributed by atoms with Crippen LogP contribution in [0.25, 0.3) is 11.1 Å². The van der Waals surface area contributed by atoms with E-state index < -0.39 is 23.5 Å². The molecule has 0 saturated carbocycles. The Morgan fingerprint density at radius 3 is 2.08 bits per heavy atom. The zero-order chi connectivity index (χ0) is 27.4. The van der Waals surface area contributed by atoms with Crippen molar-refractivity contribution in [1.29, 1.82) is 0 Å². The number of ether oxygens (including phenoxy) is 1. The van der Waals surface area contributed by atoms with Crippen molar-refractivity contribution < 1.29 is 31.0 Å². The molecular formula is C27H36NO7PS. The number of rotatable bonds is 12. The Balaban J connectivity index is 2.38. The third-order valence-electron chi connectivity index (χ3n) is 6.12. The van der Waals surface area contributed by atoms with Crippen molar-refractivity contribution in [2.75, 3.05) is 32.8 Å². The largest absolute Gasteiger partial charge is 0.497 e. The number of anilines is 1. The Kier molecular flexibility index (Phi) is 9.42. The number of benzene rings is 1. The molecular weight excluding hydrogens is 513 g/mol. The summed E-state index contributed by atoms with van der Waals surface area (Å²) in [7, 11) is -5.23. The summed E-state index contributed by atoms with van der Waals surface area (Å²) in [6.07, 6.45) is 0. The van der Waals surface area contributed by atoms with E-state index in [1.807, 2.05) is 25.1 Å². The lowest BCUT2D eigenvalue weighted by Gasteiger charge is -2.28. The fourth-order valence-corrected chi connectivity index (χ4v) is 7.17. The van der Waals surface area contributed by atoms with Gasteiger partial charge >= 0.3 is 7.60 Å². The number of hydrogen-bond acceptors (Lipinski definition) is 8. The number of methoxy groups -OCH3 is 1. The average molecular weight is 550 g/mol. The Labute approximate surface area is 220 Å². The molecule has 1 aromatic rings. The van der Waals surface area contributed by atoms with Gasteiger partial charge in [-0.15, -0.1) is 0 Å². The molecule has 0 amide bonds. The van der Waals surface area contributed by atoms with E-state index in [9.17, 15) is 13.0 Å². The maximum atomic E-state index is 14.3. The third-order valence-corrected chi connectivity index (χ3v) is 9.70. The maximum Gasteiger partial charge on any atom is 0.357 e. The summed E-state index contributed by atoms with van der Waals surface area (Å²) >= 11 is 0. The smallest absolute Gasteiger partial charge is 0.357 e. The first kappa shape index (κ1) is 29.1. The Morgan fingerprint density at radius 1 is 0.946 bits per heavy atom. The molecule has 10 heteroatoms. The molecule has 1 aromatic carbocycles. The lowest BCUT2D eigenvalue weighted by Crippen LogP contribution is -2.15. The first-order chi connectivity index (χ1) is 17.5. The molecule has 0 aliphatic heterocycles. The molecule has 3 rings (SSSR count). The van der Waals surface area contributed by atoms with Crippen LogP contribution in [0.1, 0.15) is 56.1 Å². The second-order valence-corrected chi connectivity index (χ2v) is 12.6. The molecule has 2 aliphatic carbocycles. The van der Waals surface area contributed by atoms with Crippen LogP contribution < -0.4 is 10.1 Å². The van der Waals surface area contributed by atoms with E-state index in [0.717, 1.165) is 18.2 Å². The Morgan fingerprint density at radius 2 is 1.57 bits per heavy atom. The molecule has 0 bridgehead atoms. The summed E-state index contributed by atoms with van der Waals surface area (Å²) in [5, 5.41) is 3.31. The van der Waals surface area contributed by atoms with Gasteiger partial charge in [-0.3, -0.25) is 8.75 Å². The molecule has 37 heavy (non-hydrogen) atoms. The van der Waals surface area contributed by atoms with E-state index in [1.54, 1.807) is 45.2 Å². The number of fused-ring (bicyclic) bond motifs is 1. The van der Waals surface area contributed by atoms with Crippen LogP contribution in [0.4, 0.5) is 5.69 Å². The van der Waals surface area contributed by atoms with Gasteiger partial charge in [0, 0.05) is 11.3 Å². The van der Waals surface area contributed by atoms with Gasteiger partial charge in [0.25, 0.3) is 10.1 Å². The minimum absolute atomic E-state index is 0.00415. The van der Waals surface area contributed by atoms with Crippen LogP contribution in [0.3, 0.4) is 0 Å². The topological polar surface area (TPSA) is 100 Å². The zero-order valence-electron chi connectivity index (χ0n) is 22.4. The van der Waals surface area contributed by atoms with Gasteiger partial charge < -0.3 is 19.1 Å². The summed E-state index contributed by atoms with van der Waals surface area (Å²) in [6, 6.07) is 14.5. The number of nitrogens with one attached hydrogen (secondary N) is 1. The summed E-state index contributed by atoms with van der Waals surface area (Å²) in [5.74, 6) is -0.180. The fourth-order valence-electron chi connectivity index (χ4n) is 4.24. The van der Waals surface area contributed by atoms with Gasteiger partial charge in [-0.05, 0) is 79.3 Å². The van der Waals surface area contributed by atoms with Crippen molar-refractivity contribution >= 4 is 23.4 Å². The molecule has 0 saturated heterocycles. The quantitative estimate of drug-likeness (QED) is 0.191. The first-order valence-electron chi connectivity index (χ1n) is 12.2. The molecule has 8 nitrogen and oxygen atoms in total. The van der Waals surface area contributed by atoms with Gasteiger partial charge in [0.05, 0.1) is 27.4 Å². The highest BCUT2D eigenvalue weighted by atomic mass is 32.2. The zero-order valence-corrected chi connectivity index (χ0v) is 24.1. The number of aryl methyl sites for hydroxylation is 1. The van der Waals surface area contributed by atoms with E-state index in [0.29, 0.717) is 28.1 Å². The molecule has 0 spiro atoms. The fraction of sp³-hybridized carbons (Fsp3) is 0.407. The molecule has 0 radical (unpaired) electrons. The minimum atomic E-state index is -4.09. The van der Waals surface area contributed by atoms with Crippen LogP contribution in [0.2, 0.25) is 0 Å². The second-order valence-electron chi connectivity index (χ2n) is 8.84. The molecule has 1 atom stereocenters. The molecule has 1 unspecified atom stereocenters. The molecule has 0 heterocycles. The van der Waals surface area contributed by atoms with Gasteiger partial charge in [-0.25, -0.2) is 0 Å². The van der Waals surface area contributed by atoms with Crippen LogP contribution in [-0.2, 0) is 27.9 Å². The third kappa shape index (κ3) is 6.19. The standard InChI is InChI=1S/C27H36NO7PS/c1-8-34-36(29,35-9-2)27(28-21-12-14-22(32-6)15-13-21)24-17-25(37(30,31)33-7)26-19(5)10-11-20(18(3)4)16-23(24)26/h10-18,27-28H,8-9H2,1-7H3. The van der Waals surface area contributed by atoms with Crippen molar-refractivity contribution in [2.45, 2.75) is 51.2 Å². The summed E-state index contributed by atoms with van der Waals surface area (Å²) < 4.78 is 62.1. The molecule has 2 aliphatic rings. The van der Waals surface area contributed by atoms with E-state index in [2.05, 4.69) is 19.2 Å². The normalized spacial score (nSPS) is 13.2. The van der Waals surface area contributed by atoms with Crippen LogP contribution in [0, 0.1) is 6.92 Å². The van der Waals surface area contributed by atoms with Gasteiger partial charge in [-0.2, -0.15) is 8.42 Å². The predicted octanol–water partition coefficient (Wildman–Crippen LogP) is 6.94. The van der Waals surface area contributed by atoms with Crippen molar-refractivity contribution in [3.05, 3.63) is 65.2 Å². The monoisotopic (exact) mass is 549 g/mol. The summed E-state index contributed by atoms with van der Waals surface area (Å²) in [6.45, 7) is 9.73. The SMILES string of the molecule is CCOP(=O)(OCC)C(Nc1ccc(OC)cc1)c1cc(S(=O)(=O)OC)c2c(C)ccc(C(C)C)cc1-2. The highest BCUT2D eigenvalue weighted by Gasteiger charge is 2.41. The van der Waals surface area contributed by atoms with E-state index >= 15 is 0 Å². The minimum Gasteiger partial charge on any atom is -0.497 e. The van der Waals surface area contributed by atoms with Crippen molar-refractivity contribution in [3.8, 4) is 16.9 Å². The van der Waals surface area contributed by atoms with Gasteiger partial charge in [0.1, 0.15) is 10.6 Å². The average Bonchev–Trinajstić information content (AvgIpc) is 3.15. The highest BCUT2D eigenvalue weighted by Crippen LogP contribution is 2.63. The van der Waals surface area contributed by atoms with Crippen LogP contribution in [0.15, 0.2) is 53.4 Å². The van der Waals surface area contributed by atoms with Crippen LogP contribution in [0.5, 0.6) is 5.75 Å². The first-order valence-corrected chi connectivity index (χ1v) is 15.2. The predicted molar refractivity (Wildman–Crippen MR) is 146 cm³/mol. The lowest BCUT2D eigenvalue weighted by molar-refractivity contribution is 0.214.